The molecule has 9 heteroatoms. The number of likely N-dealkylation sites (tertiary alicyclic amines) is 1. The lowest BCUT2D eigenvalue weighted by Gasteiger charge is -2.32. The van der Waals surface area contributed by atoms with Gasteiger partial charge in [-0.3, -0.25) is 9.59 Å². The van der Waals surface area contributed by atoms with Crippen molar-refractivity contribution in [1.29, 1.82) is 0 Å². The van der Waals surface area contributed by atoms with Gasteiger partial charge in [-0.2, -0.15) is 4.31 Å². The van der Waals surface area contributed by atoms with E-state index in [1.165, 1.54) is 23.5 Å². The topological polar surface area (TPSA) is 96.0 Å². The molecule has 162 valence electrons. The summed E-state index contributed by atoms with van der Waals surface area (Å²) in [5.74, 6) is 0.0950. The van der Waals surface area contributed by atoms with Gasteiger partial charge in [-0.15, -0.1) is 0 Å². The standard InChI is InChI=1S/C20H31N3O5S/c1-5-23(6-2)29(26,27)19-12-17(9-10-18(19)28-4)20(25)21-13-16-8-7-11-22(14-16)15(3)24/h9-10,12,16H,5-8,11,13-14H2,1-4H3,(H,21,25)/t16-/m0/s1. The van der Waals surface area contributed by atoms with E-state index in [-0.39, 0.29) is 33.9 Å². The van der Waals surface area contributed by atoms with Crippen LogP contribution in [0.4, 0.5) is 0 Å². The van der Waals surface area contributed by atoms with Gasteiger partial charge < -0.3 is 15.0 Å². The fraction of sp³-hybridized carbons (Fsp3) is 0.600. The van der Waals surface area contributed by atoms with Crippen molar-refractivity contribution in [3.8, 4) is 5.75 Å². The fourth-order valence-electron chi connectivity index (χ4n) is 3.58. The Labute approximate surface area is 173 Å². The number of carbonyl (C=O) groups is 2. The van der Waals surface area contributed by atoms with Gasteiger partial charge >= 0.3 is 0 Å². The summed E-state index contributed by atoms with van der Waals surface area (Å²) in [4.78, 5) is 26.0. The minimum atomic E-state index is -3.77. The maximum atomic E-state index is 12.9. The van der Waals surface area contributed by atoms with Crippen LogP contribution in [0.15, 0.2) is 23.1 Å². The summed E-state index contributed by atoms with van der Waals surface area (Å²) in [6.07, 6.45) is 1.85. The van der Waals surface area contributed by atoms with Crippen molar-refractivity contribution in [2.75, 3.05) is 39.8 Å². The van der Waals surface area contributed by atoms with Crippen LogP contribution in [-0.2, 0) is 14.8 Å². The van der Waals surface area contributed by atoms with E-state index in [1.807, 2.05) is 0 Å². The van der Waals surface area contributed by atoms with Crippen molar-refractivity contribution in [1.82, 2.24) is 14.5 Å². The quantitative estimate of drug-likeness (QED) is 0.684. The number of carbonyl (C=O) groups excluding carboxylic acids is 2. The zero-order valence-corrected chi connectivity index (χ0v) is 18.4. The third-order valence-electron chi connectivity index (χ3n) is 5.26. The Balaban J connectivity index is 2.16. The Kier molecular flexibility index (Phi) is 8.04. The van der Waals surface area contributed by atoms with Gasteiger partial charge in [0.05, 0.1) is 7.11 Å². The average Bonchev–Trinajstić information content (AvgIpc) is 2.72. The number of piperidine rings is 1. The number of methoxy groups -OCH3 is 1. The molecule has 2 rings (SSSR count). The molecule has 0 saturated carbocycles. The molecule has 1 aromatic carbocycles. The Hall–Kier alpha value is -2.13. The number of rotatable bonds is 8. The first-order valence-electron chi connectivity index (χ1n) is 9.96. The van der Waals surface area contributed by atoms with Crippen LogP contribution in [0.25, 0.3) is 0 Å². The third kappa shape index (κ3) is 5.48. The highest BCUT2D eigenvalue weighted by Crippen LogP contribution is 2.28. The van der Waals surface area contributed by atoms with E-state index >= 15 is 0 Å². The molecule has 1 aliphatic heterocycles. The van der Waals surface area contributed by atoms with E-state index in [2.05, 4.69) is 5.32 Å². The van der Waals surface area contributed by atoms with Crippen molar-refractivity contribution in [2.45, 2.75) is 38.5 Å². The molecule has 0 aliphatic carbocycles. The molecule has 0 unspecified atom stereocenters. The molecular weight excluding hydrogens is 394 g/mol. The Morgan fingerprint density at radius 3 is 2.55 bits per heavy atom. The summed E-state index contributed by atoms with van der Waals surface area (Å²) in [5, 5.41) is 2.88. The fourth-order valence-corrected chi connectivity index (χ4v) is 5.22. The molecule has 1 atom stereocenters. The number of amides is 2. The van der Waals surface area contributed by atoms with Crippen molar-refractivity contribution < 1.29 is 22.7 Å². The molecule has 1 fully saturated rings. The van der Waals surface area contributed by atoms with Crippen LogP contribution < -0.4 is 10.1 Å². The molecule has 0 radical (unpaired) electrons. The molecule has 1 N–H and O–H groups in total. The van der Waals surface area contributed by atoms with Crippen LogP contribution in [0.5, 0.6) is 5.75 Å². The van der Waals surface area contributed by atoms with Crippen molar-refractivity contribution in [3.63, 3.8) is 0 Å². The van der Waals surface area contributed by atoms with Gasteiger partial charge in [0, 0.05) is 45.2 Å². The Morgan fingerprint density at radius 1 is 1.28 bits per heavy atom. The number of nitrogens with zero attached hydrogens (tertiary/aromatic N) is 2. The van der Waals surface area contributed by atoms with Crippen LogP contribution in [0, 0.1) is 5.92 Å². The lowest BCUT2D eigenvalue weighted by molar-refractivity contribution is -0.130. The van der Waals surface area contributed by atoms with Crippen LogP contribution >= 0.6 is 0 Å². The van der Waals surface area contributed by atoms with Gasteiger partial charge in [0.25, 0.3) is 5.91 Å². The Bertz CT molecular complexity index is 837. The second kappa shape index (κ2) is 10.1. The molecule has 1 saturated heterocycles. The van der Waals surface area contributed by atoms with E-state index in [1.54, 1.807) is 31.7 Å². The number of ether oxygens (including phenoxy) is 1. The van der Waals surface area contributed by atoms with E-state index in [9.17, 15) is 18.0 Å². The van der Waals surface area contributed by atoms with Crippen LogP contribution in [-0.4, -0.2) is 69.3 Å². The molecule has 2 amide bonds. The first-order valence-corrected chi connectivity index (χ1v) is 11.4. The Morgan fingerprint density at radius 2 is 1.97 bits per heavy atom. The normalized spacial score (nSPS) is 17.3. The molecule has 1 aliphatic rings. The van der Waals surface area contributed by atoms with E-state index in [0.717, 1.165) is 19.4 Å². The predicted octanol–water partition coefficient (Wildman–Crippen LogP) is 1.71. The largest absolute Gasteiger partial charge is 0.495 e. The van der Waals surface area contributed by atoms with Gasteiger partial charge in [0.15, 0.2) is 0 Å². The zero-order valence-electron chi connectivity index (χ0n) is 17.6. The minimum Gasteiger partial charge on any atom is -0.495 e. The molecule has 1 heterocycles. The number of benzene rings is 1. The molecule has 29 heavy (non-hydrogen) atoms. The molecule has 0 spiro atoms. The number of hydrogen-bond acceptors (Lipinski definition) is 5. The first-order chi connectivity index (χ1) is 13.7. The van der Waals surface area contributed by atoms with Gasteiger partial charge in [0.1, 0.15) is 10.6 Å². The van der Waals surface area contributed by atoms with Crippen LogP contribution in [0.3, 0.4) is 0 Å². The number of sulfonamides is 1. The summed E-state index contributed by atoms with van der Waals surface area (Å²) in [6.45, 7) is 7.55. The van der Waals surface area contributed by atoms with Gasteiger partial charge in [0.2, 0.25) is 15.9 Å². The molecular formula is C20H31N3O5S. The summed E-state index contributed by atoms with van der Waals surface area (Å²) in [5.41, 5.74) is 0.260. The smallest absolute Gasteiger partial charge is 0.251 e. The number of nitrogens with one attached hydrogen (secondary N) is 1. The summed E-state index contributed by atoms with van der Waals surface area (Å²) in [7, 11) is -2.37. The third-order valence-corrected chi connectivity index (χ3v) is 7.34. The molecule has 1 aromatic rings. The zero-order chi connectivity index (χ0) is 21.6. The summed E-state index contributed by atoms with van der Waals surface area (Å²) in [6, 6.07) is 4.42. The van der Waals surface area contributed by atoms with Gasteiger partial charge in [-0.25, -0.2) is 8.42 Å². The SMILES string of the molecule is CCN(CC)S(=O)(=O)c1cc(C(=O)NC[C@@H]2CCCN(C(C)=O)C2)ccc1OC. The summed E-state index contributed by atoms with van der Waals surface area (Å²) >= 11 is 0. The maximum absolute atomic E-state index is 12.9. The van der Waals surface area contributed by atoms with Crippen molar-refractivity contribution in [2.24, 2.45) is 5.92 Å². The van der Waals surface area contributed by atoms with Gasteiger partial charge in [-0.1, -0.05) is 13.8 Å². The van der Waals surface area contributed by atoms with Gasteiger partial charge in [-0.05, 0) is 37.0 Å². The van der Waals surface area contributed by atoms with Crippen molar-refractivity contribution >= 4 is 21.8 Å². The minimum absolute atomic E-state index is 0.0169. The first kappa shape index (κ1) is 23.2. The second-order valence-corrected chi connectivity index (χ2v) is 9.04. The molecule has 0 aromatic heterocycles. The predicted molar refractivity (Wildman–Crippen MR) is 110 cm³/mol. The molecule has 8 nitrogen and oxygen atoms in total. The number of hydrogen-bond donors (Lipinski definition) is 1. The highest BCUT2D eigenvalue weighted by molar-refractivity contribution is 7.89. The second-order valence-electron chi connectivity index (χ2n) is 7.14. The van der Waals surface area contributed by atoms with E-state index in [4.69, 9.17) is 4.74 Å². The monoisotopic (exact) mass is 425 g/mol. The van der Waals surface area contributed by atoms with Crippen molar-refractivity contribution in [3.05, 3.63) is 23.8 Å². The van der Waals surface area contributed by atoms with E-state index < -0.39 is 10.0 Å². The molecule has 0 bridgehead atoms. The van der Waals surface area contributed by atoms with Crippen LogP contribution in [0.2, 0.25) is 0 Å². The lowest BCUT2D eigenvalue weighted by Crippen LogP contribution is -2.42. The van der Waals surface area contributed by atoms with E-state index in [0.29, 0.717) is 26.2 Å². The highest BCUT2D eigenvalue weighted by Gasteiger charge is 2.27. The van der Waals surface area contributed by atoms with Crippen LogP contribution in [0.1, 0.15) is 44.0 Å². The summed E-state index contributed by atoms with van der Waals surface area (Å²) < 4.78 is 32.4. The maximum Gasteiger partial charge on any atom is 0.251 e. The highest BCUT2D eigenvalue weighted by atomic mass is 32.2. The lowest BCUT2D eigenvalue weighted by atomic mass is 9.98. The average molecular weight is 426 g/mol.